The van der Waals surface area contributed by atoms with E-state index in [1.165, 1.54) is 0 Å². The molecule has 6 aromatic rings. The molecule has 0 saturated heterocycles. The molecule has 1 unspecified atom stereocenters. The van der Waals surface area contributed by atoms with Crippen LogP contribution in [0.4, 0.5) is 0 Å². The maximum Gasteiger partial charge on any atom is 0.344 e. The minimum atomic E-state index is -0.579. The van der Waals surface area contributed by atoms with E-state index < -0.39 is 11.5 Å². The zero-order valence-electron chi connectivity index (χ0n) is 19.4. The lowest BCUT2D eigenvalue weighted by atomic mass is 9.84. The summed E-state index contributed by atoms with van der Waals surface area (Å²) in [5.41, 5.74) is 2.93. The summed E-state index contributed by atoms with van der Waals surface area (Å²) >= 11 is 6.43. The number of nitrogens with zero attached hydrogens (tertiary/aromatic N) is 4. The topological polar surface area (TPSA) is 91.8 Å². The highest BCUT2D eigenvalue weighted by Gasteiger charge is 2.37. The molecule has 0 fully saturated rings. The normalized spacial score (nSPS) is 14.3. The average Bonchev–Trinajstić information content (AvgIpc) is 3.37. The van der Waals surface area contributed by atoms with Gasteiger partial charge in [0.2, 0.25) is 5.88 Å². The van der Waals surface area contributed by atoms with E-state index in [0.717, 1.165) is 5.56 Å². The van der Waals surface area contributed by atoms with E-state index in [-0.39, 0.29) is 0 Å². The van der Waals surface area contributed by atoms with Gasteiger partial charge in [-0.1, -0.05) is 48.0 Å². The minimum absolute atomic E-state index is 0.342. The number of aromatic nitrogens is 4. The number of ether oxygens (including phenoxy) is 2. The summed E-state index contributed by atoms with van der Waals surface area (Å²) in [6.45, 7) is 0. The van der Waals surface area contributed by atoms with Crippen molar-refractivity contribution >= 4 is 28.2 Å². The van der Waals surface area contributed by atoms with Gasteiger partial charge >= 0.3 is 5.63 Å². The van der Waals surface area contributed by atoms with Crippen LogP contribution in [0.5, 0.6) is 17.4 Å². The lowest BCUT2D eigenvalue weighted by Crippen LogP contribution is -2.22. The van der Waals surface area contributed by atoms with Gasteiger partial charge in [-0.25, -0.2) is 19.3 Å². The number of hydrogen-bond acceptors (Lipinski definition) is 7. The van der Waals surface area contributed by atoms with Crippen LogP contribution in [0.3, 0.4) is 0 Å². The van der Waals surface area contributed by atoms with E-state index in [9.17, 15) is 4.79 Å². The van der Waals surface area contributed by atoms with Crippen molar-refractivity contribution in [3.8, 4) is 28.8 Å². The second-order valence-corrected chi connectivity index (χ2v) is 8.99. The molecule has 0 bridgehead atoms. The zero-order valence-corrected chi connectivity index (χ0v) is 20.1. The fourth-order valence-corrected chi connectivity index (χ4v) is 5.04. The number of fused-ring (bicyclic) bond motifs is 6. The Morgan fingerprint density at radius 1 is 0.973 bits per heavy atom. The highest BCUT2D eigenvalue weighted by atomic mass is 35.5. The highest BCUT2D eigenvalue weighted by Crippen LogP contribution is 2.49. The van der Waals surface area contributed by atoms with Gasteiger partial charge in [0.25, 0.3) is 0 Å². The molecule has 8 nitrogen and oxygen atoms in total. The third-order valence-electron chi connectivity index (χ3n) is 6.53. The highest BCUT2D eigenvalue weighted by molar-refractivity contribution is 6.33. The lowest BCUT2D eigenvalue weighted by molar-refractivity contribution is 0.414. The Morgan fingerprint density at radius 2 is 1.76 bits per heavy atom. The molecule has 1 aliphatic heterocycles. The average molecular weight is 509 g/mol. The second-order valence-electron chi connectivity index (χ2n) is 8.58. The Labute approximate surface area is 214 Å². The first-order valence-electron chi connectivity index (χ1n) is 11.5. The van der Waals surface area contributed by atoms with Crippen molar-refractivity contribution in [2.24, 2.45) is 0 Å². The number of methoxy groups -OCH3 is 1. The van der Waals surface area contributed by atoms with Gasteiger partial charge in [0.05, 0.1) is 34.6 Å². The smallest absolute Gasteiger partial charge is 0.344 e. The standard InChI is InChI=1S/C28H17ClN4O4/c1-35-16-12-10-15(11-13-16)21-22-24(18-7-3-5-9-20(18)36-28(22)34)37-27-23(21)26-31-25(32-33(26)14-30-27)17-6-2-4-8-19(17)29/h2-14,21H,1H3. The number of hydrogen-bond donors (Lipinski definition) is 0. The summed E-state index contributed by atoms with van der Waals surface area (Å²) in [4.78, 5) is 22.8. The van der Waals surface area contributed by atoms with Crippen LogP contribution in [0.25, 0.3) is 28.0 Å². The molecule has 7 rings (SSSR count). The van der Waals surface area contributed by atoms with Crippen LogP contribution in [0.1, 0.15) is 22.6 Å². The molecule has 0 amide bonds. The molecule has 0 radical (unpaired) electrons. The number of rotatable bonds is 3. The van der Waals surface area contributed by atoms with Crippen molar-refractivity contribution in [2.45, 2.75) is 5.92 Å². The van der Waals surface area contributed by atoms with Gasteiger partial charge in [-0.05, 0) is 42.0 Å². The minimum Gasteiger partial charge on any atom is -0.497 e. The van der Waals surface area contributed by atoms with Crippen LogP contribution in [0.2, 0.25) is 5.02 Å². The third-order valence-corrected chi connectivity index (χ3v) is 6.86. The molecule has 180 valence electrons. The van der Waals surface area contributed by atoms with Gasteiger partial charge in [0.15, 0.2) is 17.2 Å². The fourth-order valence-electron chi connectivity index (χ4n) is 4.82. The maximum absolute atomic E-state index is 13.4. The van der Waals surface area contributed by atoms with Crippen molar-refractivity contribution in [1.82, 2.24) is 19.6 Å². The van der Waals surface area contributed by atoms with E-state index >= 15 is 0 Å². The van der Waals surface area contributed by atoms with Crippen LogP contribution in [0, 0.1) is 0 Å². The first kappa shape index (κ1) is 21.6. The second kappa shape index (κ2) is 8.18. The summed E-state index contributed by atoms with van der Waals surface area (Å²) in [7, 11) is 1.61. The molecule has 3 aromatic carbocycles. The Balaban J connectivity index is 1.54. The molecule has 0 N–H and O–H groups in total. The van der Waals surface area contributed by atoms with Crippen molar-refractivity contribution in [2.75, 3.05) is 7.11 Å². The van der Waals surface area contributed by atoms with Crippen LogP contribution < -0.4 is 15.1 Å². The molecule has 3 aromatic heterocycles. The van der Waals surface area contributed by atoms with E-state index in [1.54, 1.807) is 30.1 Å². The molecule has 9 heteroatoms. The summed E-state index contributed by atoms with van der Waals surface area (Å²) in [5, 5.41) is 5.83. The van der Waals surface area contributed by atoms with E-state index in [4.69, 9.17) is 30.5 Å². The molecule has 0 saturated carbocycles. The summed E-state index contributed by atoms with van der Waals surface area (Å²) in [6.07, 6.45) is 1.55. The maximum atomic E-state index is 13.4. The summed E-state index contributed by atoms with van der Waals surface area (Å²) in [6, 6.07) is 22.1. The fraction of sp³-hybridized carbons (Fsp3) is 0.0714. The van der Waals surface area contributed by atoms with Gasteiger partial charge in [0.1, 0.15) is 17.7 Å². The molecule has 4 heterocycles. The van der Waals surface area contributed by atoms with Gasteiger partial charge in [-0.15, -0.1) is 5.10 Å². The largest absolute Gasteiger partial charge is 0.497 e. The number of benzene rings is 3. The quantitative estimate of drug-likeness (QED) is 0.277. The van der Waals surface area contributed by atoms with Gasteiger partial charge in [-0.2, -0.15) is 0 Å². The van der Waals surface area contributed by atoms with E-state index in [1.807, 2.05) is 60.7 Å². The van der Waals surface area contributed by atoms with Crippen LogP contribution in [0.15, 0.2) is 88.3 Å². The summed E-state index contributed by atoms with van der Waals surface area (Å²) < 4.78 is 19.0. The van der Waals surface area contributed by atoms with Crippen LogP contribution >= 0.6 is 11.6 Å². The zero-order chi connectivity index (χ0) is 25.1. The van der Waals surface area contributed by atoms with Gasteiger partial charge in [-0.3, -0.25) is 0 Å². The third kappa shape index (κ3) is 3.30. The SMILES string of the molecule is COc1ccc(C2c3c(c4ccccc4oc3=O)Oc3ncn4nc(-c5ccccc5Cl)nc4c32)cc1. The predicted molar refractivity (Wildman–Crippen MR) is 138 cm³/mol. The van der Waals surface area contributed by atoms with E-state index in [0.29, 0.717) is 61.5 Å². The molecule has 37 heavy (non-hydrogen) atoms. The molecule has 1 atom stereocenters. The van der Waals surface area contributed by atoms with Crippen LogP contribution in [-0.4, -0.2) is 26.7 Å². The van der Waals surface area contributed by atoms with Crippen LogP contribution in [-0.2, 0) is 0 Å². The molecular weight excluding hydrogens is 492 g/mol. The van der Waals surface area contributed by atoms with Crippen molar-refractivity contribution < 1.29 is 13.9 Å². The molecule has 1 aliphatic rings. The van der Waals surface area contributed by atoms with Crippen molar-refractivity contribution in [3.05, 3.63) is 111 Å². The first-order valence-corrected chi connectivity index (χ1v) is 11.9. The van der Waals surface area contributed by atoms with E-state index in [2.05, 4.69) is 10.1 Å². The first-order chi connectivity index (χ1) is 18.1. The number of halogens is 1. The Hall–Kier alpha value is -4.69. The van der Waals surface area contributed by atoms with Gasteiger partial charge < -0.3 is 13.9 Å². The molecular formula is C28H17ClN4O4. The van der Waals surface area contributed by atoms with Crippen molar-refractivity contribution in [1.29, 1.82) is 0 Å². The Morgan fingerprint density at radius 3 is 2.57 bits per heavy atom. The number of para-hydroxylation sites is 1. The van der Waals surface area contributed by atoms with Crippen molar-refractivity contribution in [3.63, 3.8) is 0 Å². The monoisotopic (exact) mass is 508 g/mol. The Kier molecular flexibility index (Phi) is 4.77. The summed E-state index contributed by atoms with van der Waals surface area (Å²) in [5.74, 6) is 1.31. The predicted octanol–water partition coefficient (Wildman–Crippen LogP) is 5.85. The lowest BCUT2D eigenvalue weighted by Gasteiger charge is -2.27. The Bertz CT molecular complexity index is 1900. The van der Waals surface area contributed by atoms with Gasteiger partial charge in [0, 0.05) is 5.56 Å². The molecule has 0 spiro atoms. The molecule has 0 aliphatic carbocycles.